The van der Waals surface area contributed by atoms with Crippen molar-refractivity contribution in [2.45, 2.75) is 44.6 Å². The zero-order valence-corrected chi connectivity index (χ0v) is 21.6. The van der Waals surface area contributed by atoms with Gasteiger partial charge in [0.25, 0.3) is 5.91 Å². The van der Waals surface area contributed by atoms with Crippen LogP contribution in [0.2, 0.25) is 5.02 Å². The number of carbonyl (C=O) groups is 1. The van der Waals surface area contributed by atoms with Gasteiger partial charge in [0.05, 0.1) is 29.1 Å². The highest BCUT2D eigenvalue weighted by Gasteiger charge is 2.24. The third-order valence-electron chi connectivity index (χ3n) is 7.23. The molecule has 2 aliphatic rings. The number of halogens is 1. The summed E-state index contributed by atoms with van der Waals surface area (Å²) >= 11 is 6.38. The lowest BCUT2D eigenvalue weighted by Gasteiger charge is -2.25. The van der Waals surface area contributed by atoms with Gasteiger partial charge < -0.3 is 20.9 Å². The van der Waals surface area contributed by atoms with Gasteiger partial charge in [-0.1, -0.05) is 17.7 Å². The van der Waals surface area contributed by atoms with Crippen molar-refractivity contribution < 1.29 is 4.79 Å². The summed E-state index contributed by atoms with van der Waals surface area (Å²) in [4.78, 5) is 24.0. The molecule has 2 heterocycles. The van der Waals surface area contributed by atoms with E-state index in [4.69, 9.17) is 11.6 Å². The molecular weight excluding hydrogens is 486 g/mol. The van der Waals surface area contributed by atoms with Gasteiger partial charge in [-0.25, -0.2) is 4.98 Å². The largest absolute Gasteiger partial charge is 0.355 e. The van der Waals surface area contributed by atoms with Crippen molar-refractivity contribution in [3.05, 3.63) is 69.9 Å². The zero-order valence-electron chi connectivity index (χ0n) is 20.9. The molecule has 1 aromatic heterocycles. The Morgan fingerprint density at radius 1 is 1.08 bits per heavy atom. The van der Waals surface area contributed by atoms with Gasteiger partial charge in [0.15, 0.2) is 5.82 Å². The lowest BCUT2D eigenvalue weighted by Crippen LogP contribution is -2.32. The molecular formula is C28H30ClN7O. The van der Waals surface area contributed by atoms with Crippen LogP contribution < -0.4 is 16.0 Å². The molecule has 0 saturated carbocycles. The number of aromatic nitrogens is 2. The van der Waals surface area contributed by atoms with Gasteiger partial charge in [0.1, 0.15) is 5.02 Å². The Morgan fingerprint density at radius 2 is 1.86 bits per heavy atom. The molecule has 1 aliphatic heterocycles. The summed E-state index contributed by atoms with van der Waals surface area (Å²) in [6, 6.07) is 14.1. The summed E-state index contributed by atoms with van der Waals surface area (Å²) in [6.45, 7) is 2.48. The van der Waals surface area contributed by atoms with E-state index >= 15 is 0 Å². The number of fused-ring (bicyclic) bond motifs is 1. The minimum atomic E-state index is -0.319. The molecule has 3 aromatic rings. The molecule has 5 rings (SSSR count). The van der Waals surface area contributed by atoms with Crippen LogP contribution in [-0.4, -0.2) is 47.0 Å². The summed E-state index contributed by atoms with van der Waals surface area (Å²) in [7, 11) is 1.54. The lowest BCUT2D eigenvalue weighted by molar-refractivity contribution is 0.0964. The minimum absolute atomic E-state index is 0.313. The van der Waals surface area contributed by atoms with Gasteiger partial charge in [-0.05, 0) is 93.1 Å². The van der Waals surface area contributed by atoms with Gasteiger partial charge in [0.2, 0.25) is 5.95 Å². The van der Waals surface area contributed by atoms with Crippen LogP contribution in [0.4, 0.5) is 23.1 Å². The van der Waals surface area contributed by atoms with Crippen molar-refractivity contribution >= 4 is 40.6 Å². The van der Waals surface area contributed by atoms with Crippen molar-refractivity contribution in [2.75, 3.05) is 30.8 Å². The van der Waals surface area contributed by atoms with Crippen LogP contribution >= 0.6 is 11.6 Å². The Bertz CT molecular complexity index is 1350. The number of anilines is 4. The van der Waals surface area contributed by atoms with Gasteiger partial charge in [-0.15, -0.1) is 0 Å². The summed E-state index contributed by atoms with van der Waals surface area (Å²) in [5.74, 6) is 0.433. The SMILES string of the molecule is CNC(=O)c1cc(C#N)ccc1Nc1nc(Nc2ccc3c(c2)CC[C@@H](N2CCCC2)CC3)ncc1Cl. The van der Waals surface area contributed by atoms with Crippen molar-refractivity contribution in [1.82, 2.24) is 20.2 Å². The van der Waals surface area contributed by atoms with Crippen molar-refractivity contribution in [2.24, 2.45) is 0 Å². The normalized spacial score (nSPS) is 17.4. The van der Waals surface area contributed by atoms with Crippen LogP contribution in [0.5, 0.6) is 0 Å². The van der Waals surface area contributed by atoms with Crippen LogP contribution in [0.3, 0.4) is 0 Å². The van der Waals surface area contributed by atoms with Gasteiger partial charge in [0, 0.05) is 18.8 Å². The minimum Gasteiger partial charge on any atom is -0.355 e. The second-order valence-corrected chi connectivity index (χ2v) is 9.96. The van der Waals surface area contributed by atoms with Crippen LogP contribution in [0, 0.1) is 11.3 Å². The highest BCUT2D eigenvalue weighted by Crippen LogP contribution is 2.30. The number of aryl methyl sites for hydroxylation is 2. The average molecular weight is 516 g/mol. The number of rotatable bonds is 6. The Balaban J connectivity index is 1.33. The van der Waals surface area contributed by atoms with Crippen LogP contribution in [-0.2, 0) is 12.8 Å². The fraction of sp³-hybridized carbons (Fsp3) is 0.357. The van der Waals surface area contributed by atoms with Crippen molar-refractivity contribution in [3.8, 4) is 6.07 Å². The predicted octanol–water partition coefficient (Wildman–Crippen LogP) is 5.19. The number of hydrogen-bond donors (Lipinski definition) is 3. The molecule has 1 fully saturated rings. The summed E-state index contributed by atoms with van der Waals surface area (Å²) < 4.78 is 0. The maximum Gasteiger partial charge on any atom is 0.253 e. The number of amides is 1. The van der Waals surface area contributed by atoms with E-state index in [9.17, 15) is 10.1 Å². The molecule has 190 valence electrons. The maximum absolute atomic E-state index is 12.4. The fourth-order valence-corrected chi connectivity index (χ4v) is 5.40. The van der Waals surface area contributed by atoms with E-state index in [2.05, 4.69) is 55.1 Å². The Morgan fingerprint density at radius 3 is 2.62 bits per heavy atom. The fourth-order valence-electron chi connectivity index (χ4n) is 5.26. The maximum atomic E-state index is 12.4. The highest BCUT2D eigenvalue weighted by molar-refractivity contribution is 6.33. The van der Waals surface area contributed by atoms with Gasteiger partial charge in [-0.2, -0.15) is 10.2 Å². The van der Waals surface area contributed by atoms with E-state index in [1.54, 1.807) is 12.1 Å². The first-order valence-electron chi connectivity index (χ1n) is 12.7. The number of nitrogens with one attached hydrogen (secondary N) is 3. The number of hydrogen-bond acceptors (Lipinski definition) is 7. The topological polar surface area (TPSA) is 106 Å². The third kappa shape index (κ3) is 5.68. The first kappa shape index (κ1) is 25.0. The molecule has 1 amide bonds. The number of nitrogens with zero attached hydrogens (tertiary/aromatic N) is 4. The molecule has 1 aliphatic carbocycles. The van der Waals surface area contributed by atoms with E-state index < -0.39 is 0 Å². The first-order valence-corrected chi connectivity index (χ1v) is 13.1. The molecule has 0 radical (unpaired) electrons. The molecule has 0 spiro atoms. The highest BCUT2D eigenvalue weighted by atomic mass is 35.5. The van der Waals surface area contributed by atoms with Gasteiger partial charge in [-0.3, -0.25) is 4.79 Å². The van der Waals surface area contributed by atoms with Crippen LogP contribution in [0.25, 0.3) is 0 Å². The summed E-state index contributed by atoms with van der Waals surface area (Å²) in [6.07, 6.45) is 8.78. The smallest absolute Gasteiger partial charge is 0.253 e. The Labute approximate surface area is 222 Å². The zero-order chi connectivity index (χ0) is 25.8. The van der Waals surface area contributed by atoms with Crippen LogP contribution in [0.1, 0.15) is 52.7 Å². The molecule has 1 saturated heterocycles. The second-order valence-electron chi connectivity index (χ2n) is 9.55. The lowest BCUT2D eigenvalue weighted by atomic mass is 10.0. The molecule has 0 unspecified atom stereocenters. The van der Waals surface area contributed by atoms with E-state index in [1.807, 2.05) is 0 Å². The van der Waals surface area contributed by atoms with Crippen molar-refractivity contribution in [1.29, 1.82) is 5.26 Å². The van der Waals surface area contributed by atoms with E-state index in [0.29, 0.717) is 39.6 Å². The van der Waals surface area contributed by atoms with E-state index in [0.717, 1.165) is 18.5 Å². The molecule has 8 nitrogen and oxygen atoms in total. The predicted molar refractivity (Wildman–Crippen MR) is 146 cm³/mol. The van der Waals surface area contributed by atoms with Crippen LogP contribution in [0.15, 0.2) is 42.6 Å². The number of nitriles is 1. The monoisotopic (exact) mass is 515 g/mol. The van der Waals surface area contributed by atoms with E-state index in [-0.39, 0.29) is 5.91 Å². The summed E-state index contributed by atoms with van der Waals surface area (Å²) in [5, 5.41) is 18.6. The Kier molecular flexibility index (Phi) is 7.54. The Hall–Kier alpha value is -3.67. The molecule has 0 bridgehead atoms. The van der Waals surface area contributed by atoms with Gasteiger partial charge >= 0.3 is 0 Å². The standard InChI is InChI=1S/C28H30ClN7O/c1-31-27(37)23-14-18(16-30)4-11-25(23)34-26-24(29)17-32-28(35-26)33-21-8-5-19-6-9-22(10-7-20(19)15-21)36-12-2-3-13-36/h4-5,8,11,14-15,17,22H,2-3,6-7,9-10,12-13H2,1H3,(H,31,37)(H2,32,33,34,35)/t22-/m0/s1. The quantitative estimate of drug-likeness (QED) is 0.388. The third-order valence-corrected chi connectivity index (χ3v) is 7.51. The number of likely N-dealkylation sites (tertiary alicyclic amines) is 1. The van der Waals surface area contributed by atoms with E-state index in [1.165, 1.54) is 69.2 Å². The number of carbonyl (C=O) groups excluding carboxylic acids is 1. The molecule has 3 N–H and O–H groups in total. The number of benzene rings is 2. The molecule has 1 atom stereocenters. The molecule has 2 aromatic carbocycles. The summed E-state index contributed by atoms with van der Waals surface area (Å²) in [5.41, 5.74) is 4.93. The molecule has 37 heavy (non-hydrogen) atoms. The average Bonchev–Trinajstić information content (AvgIpc) is 3.38. The first-order chi connectivity index (χ1) is 18.0. The molecule has 9 heteroatoms. The second kappa shape index (κ2) is 11.2. The van der Waals surface area contributed by atoms with Crippen molar-refractivity contribution in [3.63, 3.8) is 0 Å².